The fourth-order valence-corrected chi connectivity index (χ4v) is 4.44. The Morgan fingerprint density at radius 1 is 1.11 bits per heavy atom. The van der Waals surface area contributed by atoms with Gasteiger partial charge in [0.2, 0.25) is 0 Å². The number of carbonyl (C=O) groups excluding carboxylic acids is 1. The third-order valence-corrected chi connectivity index (χ3v) is 6.21. The van der Waals surface area contributed by atoms with Gasteiger partial charge in [0.25, 0.3) is 5.91 Å². The Hall–Kier alpha value is -2.36. The molecule has 1 amide bonds. The second-order valence-electron chi connectivity index (χ2n) is 7.99. The molecule has 1 aromatic carbocycles. The molecule has 1 aliphatic carbocycles. The Balaban J connectivity index is 1.26. The molecule has 1 fully saturated rings. The van der Waals surface area contributed by atoms with Crippen LogP contribution >= 0.6 is 0 Å². The normalized spacial score (nSPS) is 17.0. The lowest BCUT2D eigenvalue weighted by atomic mass is 9.93. The Kier molecular flexibility index (Phi) is 5.42. The van der Waals surface area contributed by atoms with E-state index < -0.39 is 0 Å². The van der Waals surface area contributed by atoms with Crippen LogP contribution in [0.2, 0.25) is 0 Å². The van der Waals surface area contributed by atoms with Gasteiger partial charge < -0.3 is 9.80 Å². The molecule has 0 spiro atoms. The van der Waals surface area contributed by atoms with Gasteiger partial charge in [-0.05, 0) is 79.8 Å². The Bertz CT molecular complexity index is 781. The Morgan fingerprint density at radius 2 is 1.85 bits per heavy atom. The summed E-state index contributed by atoms with van der Waals surface area (Å²) in [4.78, 5) is 21.2. The monoisotopic (exact) mass is 363 g/mol. The predicted molar refractivity (Wildman–Crippen MR) is 109 cm³/mol. The first-order chi connectivity index (χ1) is 13.2. The van der Waals surface area contributed by atoms with E-state index in [2.05, 4.69) is 34.1 Å². The number of piperidine rings is 1. The number of anilines is 1. The van der Waals surface area contributed by atoms with Crippen LogP contribution in [0.4, 0.5) is 5.69 Å². The van der Waals surface area contributed by atoms with Gasteiger partial charge in [-0.15, -0.1) is 0 Å². The summed E-state index contributed by atoms with van der Waals surface area (Å²) < 4.78 is 0. The average Bonchev–Trinajstić information content (AvgIpc) is 3.20. The van der Waals surface area contributed by atoms with Crippen LogP contribution < -0.4 is 4.90 Å². The van der Waals surface area contributed by atoms with Crippen molar-refractivity contribution >= 4 is 11.6 Å². The molecule has 4 heteroatoms. The van der Waals surface area contributed by atoms with Crippen molar-refractivity contribution < 1.29 is 4.79 Å². The molecular formula is C23H29N3O. The van der Waals surface area contributed by atoms with E-state index in [1.54, 1.807) is 0 Å². The van der Waals surface area contributed by atoms with Gasteiger partial charge in [-0.25, -0.2) is 0 Å². The predicted octanol–water partition coefficient (Wildman–Crippen LogP) is 3.95. The van der Waals surface area contributed by atoms with Crippen molar-refractivity contribution in [2.75, 3.05) is 31.6 Å². The van der Waals surface area contributed by atoms with E-state index in [-0.39, 0.29) is 5.91 Å². The molecule has 142 valence electrons. The Labute approximate surface area is 162 Å². The molecule has 0 saturated carbocycles. The second kappa shape index (κ2) is 8.12. The van der Waals surface area contributed by atoms with Crippen molar-refractivity contribution in [3.63, 3.8) is 0 Å². The SMILES string of the molecule is CN(CCC1CCN(c2ccncc2)CC1)C(=O)c1ccc2c(c1)CCC2. The molecule has 2 aromatic rings. The minimum atomic E-state index is 0.166. The molecule has 0 N–H and O–H groups in total. The molecule has 0 radical (unpaired) electrons. The van der Waals surface area contributed by atoms with E-state index in [1.165, 1.54) is 36.1 Å². The highest BCUT2D eigenvalue weighted by Gasteiger charge is 2.21. The van der Waals surface area contributed by atoms with Crippen molar-refractivity contribution in [1.29, 1.82) is 0 Å². The topological polar surface area (TPSA) is 36.4 Å². The maximum atomic E-state index is 12.8. The van der Waals surface area contributed by atoms with Crippen LogP contribution in [0, 0.1) is 5.92 Å². The largest absolute Gasteiger partial charge is 0.371 e. The number of amides is 1. The zero-order valence-electron chi connectivity index (χ0n) is 16.2. The number of aryl methyl sites for hydroxylation is 2. The lowest BCUT2D eigenvalue weighted by molar-refractivity contribution is 0.0785. The molecule has 2 heterocycles. The highest BCUT2D eigenvalue weighted by atomic mass is 16.2. The maximum absolute atomic E-state index is 12.8. The summed E-state index contributed by atoms with van der Waals surface area (Å²) in [5, 5.41) is 0. The van der Waals surface area contributed by atoms with E-state index in [0.717, 1.165) is 44.5 Å². The molecule has 0 unspecified atom stereocenters. The van der Waals surface area contributed by atoms with E-state index in [4.69, 9.17) is 0 Å². The van der Waals surface area contributed by atoms with Crippen LogP contribution in [-0.4, -0.2) is 42.5 Å². The number of pyridine rings is 1. The number of aromatic nitrogens is 1. The van der Waals surface area contributed by atoms with Gasteiger partial charge in [-0.3, -0.25) is 9.78 Å². The number of benzene rings is 1. The number of hydrogen-bond donors (Lipinski definition) is 0. The van der Waals surface area contributed by atoms with Crippen LogP contribution in [0.25, 0.3) is 0 Å². The fraction of sp³-hybridized carbons (Fsp3) is 0.478. The van der Waals surface area contributed by atoms with Crippen molar-refractivity contribution in [2.24, 2.45) is 5.92 Å². The van der Waals surface area contributed by atoms with Gasteiger partial charge in [0.15, 0.2) is 0 Å². The lowest BCUT2D eigenvalue weighted by Gasteiger charge is -2.34. The smallest absolute Gasteiger partial charge is 0.253 e. The van der Waals surface area contributed by atoms with E-state index in [0.29, 0.717) is 5.92 Å². The third-order valence-electron chi connectivity index (χ3n) is 6.21. The lowest BCUT2D eigenvalue weighted by Crippen LogP contribution is -2.35. The van der Waals surface area contributed by atoms with Crippen molar-refractivity contribution in [1.82, 2.24) is 9.88 Å². The minimum absolute atomic E-state index is 0.166. The average molecular weight is 364 g/mol. The first-order valence-corrected chi connectivity index (χ1v) is 10.2. The first kappa shape index (κ1) is 18.0. The van der Waals surface area contributed by atoms with E-state index in [9.17, 15) is 4.79 Å². The molecule has 0 bridgehead atoms. The van der Waals surface area contributed by atoms with Crippen molar-refractivity contribution in [2.45, 2.75) is 38.5 Å². The number of rotatable bonds is 5. The van der Waals surface area contributed by atoms with Crippen LogP contribution in [-0.2, 0) is 12.8 Å². The summed E-state index contributed by atoms with van der Waals surface area (Å²) in [5.74, 6) is 0.872. The number of fused-ring (bicyclic) bond motifs is 1. The highest BCUT2D eigenvalue weighted by Crippen LogP contribution is 2.26. The molecule has 1 aliphatic heterocycles. The maximum Gasteiger partial charge on any atom is 0.253 e. The van der Waals surface area contributed by atoms with Gasteiger partial charge in [-0.1, -0.05) is 6.07 Å². The molecular weight excluding hydrogens is 334 g/mol. The number of hydrogen-bond acceptors (Lipinski definition) is 3. The van der Waals surface area contributed by atoms with Gasteiger partial charge in [-0.2, -0.15) is 0 Å². The van der Waals surface area contributed by atoms with E-state index >= 15 is 0 Å². The third kappa shape index (κ3) is 4.15. The zero-order chi connectivity index (χ0) is 18.6. The molecule has 4 nitrogen and oxygen atoms in total. The fourth-order valence-electron chi connectivity index (χ4n) is 4.44. The Morgan fingerprint density at radius 3 is 2.63 bits per heavy atom. The van der Waals surface area contributed by atoms with Crippen molar-refractivity contribution in [3.8, 4) is 0 Å². The second-order valence-corrected chi connectivity index (χ2v) is 7.99. The highest BCUT2D eigenvalue weighted by molar-refractivity contribution is 5.94. The van der Waals surface area contributed by atoms with E-state index in [1.807, 2.05) is 30.4 Å². The molecule has 1 aromatic heterocycles. The quantitative estimate of drug-likeness (QED) is 0.807. The van der Waals surface area contributed by atoms with Gasteiger partial charge >= 0.3 is 0 Å². The summed E-state index contributed by atoms with van der Waals surface area (Å²) in [6.45, 7) is 3.03. The first-order valence-electron chi connectivity index (χ1n) is 10.2. The molecule has 1 saturated heterocycles. The number of carbonyl (C=O) groups is 1. The summed E-state index contributed by atoms with van der Waals surface area (Å²) in [6.07, 6.45) is 10.7. The standard InChI is InChI=1S/C23H29N3O/c1-25(23(27)21-6-5-19-3-2-4-20(19)17-21)14-9-18-10-15-26(16-11-18)22-7-12-24-13-8-22/h5-8,12-13,17-18H,2-4,9-11,14-16H2,1H3. The summed E-state index contributed by atoms with van der Waals surface area (Å²) in [7, 11) is 1.95. The van der Waals surface area contributed by atoms with Crippen LogP contribution in [0.15, 0.2) is 42.7 Å². The van der Waals surface area contributed by atoms with Crippen LogP contribution in [0.5, 0.6) is 0 Å². The summed E-state index contributed by atoms with van der Waals surface area (Å²) >= 11 is 0. The molecule has 2 aliphatic rings. The summed E-state index contributed by atoms with van der Waals surface area (Å²) in [6, 6.07) is 10.5. The van der Waals surface area contributed by atoms with Crippen LogP contribution in [0.1, 0.15) is 47.2 Å². The van der Waals surface area contributed by atoms with Gasteiger partial charge in [0.1, 0.15) is 0 Å². The molecule has 4 rings (SSSR count). The van der Waals surface area contributed by atoms with Gasteiger partial charge in [0.05, 0.1) is 0 Å². The van der Waals surface area contributed by atoms with Crippen molar-refractivity contribution in [3.05, 3.63) is 59.4 Å². The van der Waals surface area contributed by atoms with Gasteiger partial charge in [0, 0.05) is 50.3 Å². The molecule has 27 heavy (non-hydrogen) atoms. The minimum Gasteiger partial charge on any atom is -0.371 e. The zero-order valence-corrected chi connectivity index (χ0v) is 16.2. The summed E-state index contributed by atoms with van der Waals surface area (Å²) in [5.41, 5.74) is 4.92. The number of nitrogens with zero attached hydrogens (tertiary/aromatic N) is 3. The van der Waals surface area contributed by atoms with Crippen LogP contribution in [0.3, 0.4) is 0 Å². The molecule has 0 atom stereocenters.